The lowest BCUT2D eigenvalue weighted by atomic mass is 9.40. The third-order valence-corrected chi connectivity index (χ3v) is 4.08. The molecule has 0 saturated heterocycles. The van der Waals surface area contributed by atoms with Crippen molar-refractivity contribution in [2.45, 2.75) is 27.7 Å². The fourth-order valence-corrected chi connectivity index (χ4v) is 2.44. The molecule has 1 fully saturated rings. The van der Waals surface area contributed by atoms with E-state index in [0.717, 1.165) is 0 Å². The number of hydrogen-bond donors (Lipinski definition) is 2. The van der Waals surface area contributed by atoms with Crippen LogP contribution in [0, 0.1) is 22.7 Å². The van der Waals surface area contributed by atoms with Crippen LogP contribution in [-0.2, 0) is 9.59 Å². The van der Waals surface area contributed by atoms with Crippen LogP contribution >= 0.6 is 0 Å². The zero-order valence-corrected chi connectivity index (χ0v) is 8.87. The maximum atomic E-state index is 10.9. The van der Waals surface area contributed by atoms with Crippen molar-refractivity contribution >= 4 is 11.9 Å². The van der Waals surface area contributed by atoms with Crippen molar-refractivity contribution in [2.24, 2.45) is 22.7 Å². The van der Waals surface area contributed by atoms with Gasteiger partial charge in [0.25, 0.3) is 0 Å². The smallest absolute Gasteiger partial charge is 0.307 e. The highest BCUT2D eigenvalue weighted by Crippen LogP contribution is 2.64. The molecule has 4 nitrogen and oxygen atoms in total. The Morgan fingerprint density at radius 2 is 1.07 bits per heavy atom. The quantitative estimate of drug-likeness (QED) is 0.707. The van der Waals surface area contributed by atoms with Gasteiger partial charge in [0.15, 0.2) is 0 Å². The second-order valence-electron chi connectivity index (χ2n) is 5.08. The zero-order valence-electron chi connectivity index (χ0n) is 8.87. The second kappa shape index (κ2) is 2.72. The first kappa shape index (κ1) is 11.0. The molecule has 2 unspecified atom stereocenters. The van der Waals surface area contributed by atoms with Crippen molar-refractivity contribution in [1.29, 1.82) is 0 Å². The highest BCUT2D eigenvalue weighted by molar-refractivity contribution is 5.84. The molecule has 0 radical (unpaired) electrons. The van der Waals surface area contributed by atoms with Gasteiger partial charge in [-0.3, -0.25) is 9.59 Å². The Hall–Kier alpha value is -1.06. The monoisotopic (exact) mass is 200 g/mol. The SMILES string of the molecule is CC1(C)C(C(=O)O)C(C(=O)O)C1(C)C. The van der Waals surface area contributed by atoms with Gasteiger partial charge in [-0.1, -0.05) is 27.7 Å². The van der Waals surface area contributed by atoms with E-state index in [1.165, 1.54) is 0 Å². The minimum atomic E-state index is -1.01. The minimum absolute atomic E-state index is 0.470. The summed E-state index contributed by atoms with van der Waals surface area (Å²) in [5.41, 5.74) is -0.941. The Kier molecular flexibility index (Phi) is 2.14. The molecule has 1 aliphatic carbocycles. The van der Waals surface area contributed by atoms with Crippen LogP contribution in [-0.4, -0.2) is 22.2 Å². The molecule has 1 rings (SSSR count). The first-order valence-electron chi connectivity index (χ1n) is 4.59. The molecular weight excluding hydrogens is 184 g/mol. The average molecular weight is 200 g/mol. The van der Waals surface area contributed by atoms with Crippen LogP contribution in [0.2, 0.25) is 0 Å². The first-order chi connectivity index (χ1) is 6.14. The van der Waals surface area contributed by atoms with Gasteiger partial charge < -0.3 is 10.2 Å². The molecule has 0 amide bonds. The number of carboxylic acids is 2. The van der Waals surface area contributed by atoms with Gasteiger partial charge in [0.2, 0.25) is 0 Å². The van der Waals surface area contributed by atoms with Gasteiger partial charge in [0, 0.05) is 0 Å². The van der Waals surface area contributed by atoms with Crippen LogP contribution in [0.1, 0.15) is 27.7 Å². The molecule has 0 aromatic heterocycles. The van der Waals surface area contributed by atoms with E-state index >= 15 is 0 Å². The van der Waals surface area contributed by atoms with E-state index in [0.29, 0.717) is 0 Å². The summed E-state index contributed by atoms with van der Waals surface area (Å²) >= 11 is 0. The van der Waals surface area contributed by atoms with Crippen LogP contribution in [0.5, 0.6) is 0 Å². The summed E-state index contributed by atoms with van der Waals surface area (Å²) in [5, 5.41) is 17.9. The molecule has 2 atom stereocenters. The molecule has 0 aromatic carbocycles. The normalized spacial score (nSPS) is 33.1. The number of carboxylic acid groups (broad SMARTS) is 2. The maximum Gasteiger partial charge on any atom is 0.307 e. The third-order valence-electron chi connectivity index (χ3n) is 4.08. The summed E-state index contributed by atoms with van der Waals surface area (Å²) in [6.45, 7) is 7.24. The molecular formula is C10H16O4. The van der Waals surface area contributed by atoms with Crippen LogP contribution in [0.15, 0.2) is 0 Å². The van der Waals surface area contributed by atoms with Gasteiger partial charge in [0.05, 0.1) is 11.8 Å². The van der Waals surface area contributed by atoms with E-state index in [1.807, 2.05) is 27.7 Å². The summed E-state index contributed by atoms with van der Waals surface area (Å²) in [6.07, 6.45) is 0. The average Bonchev–Trinajstić information content (AvgIpc) is 1.97. The van der Waals surface area contributed by atoms with Gasteiger partial charge in [-0.15, -0.1) is 0 Å². The molecule has 1 aliphatic rings. The second-order valence-corrected chi connectivity index (χ2v) is 5.08. The van der Waals surface area contributed by atoms with Gasteiger partial charge in [-0.2, -0.15) is 0 Å². The fourth-order valence-electron chi connectivity index (χ4n) is 2.44. The van der Waals surface area contributed by atoms with Gasteiger partial charge in [-0.05, 0) is 10.8 Å². The molecule has 14 heavy (non-hydrogen) atoms. The highest BCUT2D eigenvalue weighted by Gasteiger charge is 2.67. The van der Waals surface area contributed by atoms with Crippen molar-refractivity contribution < 1.29 is 19.8 Å². The van der Waals surface area contributed by atoms with Crippen molar-refractivity contribution in [3.8, 4) is 0 Å². The molecule has 80 valence electrons. The Bertz CT molecular complexity index is 260. The largest absolute Gasteiger partial charge is 0.481 e. The number of aliphatic carboxylic acids is 2. The first-order valence-corrected chi connectivity index (χ1v) is 4.59. The summed E-state index contributed by atoms with van der Waals surface area (Å²) in [6, 6.07) is 0. The summed E-state index contributed by atoms with van der Waals surface area (Å²) in [7, 11) is 0. The number of rotatable bonds is 2. The van der Waals surface area contributed by atoms with Gasteiger partial charge in [0.1, 0.15) is 0 Å². The van der Waals surface area contributed by atoms with E-state index in [1.54, 1.807) is 0 Å². The van der Waals surface area contributed by atoms with E-state index in [-0.39, 0.29) is 0 Å². The van der Waals surface area contributed by atoms with Crippen molar-refractivity contribution in [1.82, 2.24) is 0 Å². The van der Waals surface area contributed by atoms with Gasteiger partial charge >= 0.3 is 11.9 Å². The van der Waals surface area contributed by atoms with E-state index in [2.05, 4.69) is 0 Å². The van der Waals surface area contributed by atoms with Crippen LogP contribution in [0.4, 0.5) is 0 Å². The lowest BCUT2D eigenvalue weighted by Crippen LogP contribution is -2.65. The van der Waals surface area contributed by atoms with Gasteiger partial charge in [-0.25, -0.2) is 0 Å². The van der Waals surface area contributed by atoms with E-state index < -0.39 is 34.6 Å². The predicted octanol–water partition coefficient (Wildman–Crippen LogP) is 1.45. The Morgan fingerprint density at radius 3 is 1.21 bits per heavy atom. The lowest BCUT2D eigenvalue weighted by Gasteiger charge is -2.61. The van der Waals surface area contributed by atoms with Crippen molar-refractivity contribution in [2.75, 3.05) is 0 Å². The van der Waals surface area contributed by atoms with Crippen LogP contribution in [0.25, 0.3) is 0 Å². The highest BCUT2D eigenvalue weighted by atomic mass is 16.4. The van der Waals surface area contributed by atoms with Crippen molar-refractivity contribution in [3.05, 3.63) is 0 Å². The topological polar surface area (TPSA) is 74.6 Å². The Morgan fingerprint density at radius 1 is 0.857 bits per heavy atom. The third kappa shape index (κ3) is 1.06. The predicted molar refractivity (Wildman–Crippen MR) is 49.8 cm³/mol. The van der Waals surface area contributed by atoms with Crippen LogP contribution < -0.4 is 0 Å². The zero-order chi connectivity index (χ0) is 11.3. The fraction of sp³-hybridized carbons (Fsp3) is 0.800. The Balaban J connectivity index is 3.08. The molecule has 0 aromatic rings. The molecule has 0 spiro atoms. The molecule has 2 N–H and O–H groups in total. The van der Waals surface area contributed by atoms with E-state index in [4.69, 9.17) is 10.2 Å². The summed E-state index contributed by atoms with van der Waals surface area (Å²) < 4.78 is 0. The Labute approximate surface area is 82.9 Å². The standard InChI is InChI=1S/C10H16O4/c1-9(2)5(7(11)12)6(8(13)14)10(9,3)4/h5-6H,1-4H3,(H,11,12)(H,13,14). The molecule has 0 heterocycles. The minimum Gasteiger partial charge on any atom is -0.481 e. The van der Waals surface area contributed by atoms with E-state index in [9.17, 15) is 9.59 Å². The molecule has 0 aliphatic heterocycles. The van der Waals surface area contributed by atoms with Crippen LogP contribution in [0.3, 0.4) is 0 Å². The lowest BCUT2D eigenvalue weighted by molar-refractivity contribution is -0.209. The number of hydrogen-bond acceptors (Lipinski definition) is 2. The molecule has 4 heteroatoms. The number of carbonyl (C=O) groups is 2. The van der Waals surface area contributed by atoms with Crippen molar-refractivity contribution in [3.63, 3.8) is 0 Å². The maximum absolute atomic E-state index is 10.9. The summed E-state index contributed by atoms with van der Waals surface area (Å²) in [4.78, 5) is 21.9. The summed E-state index contributed by atoms with van der Waals surface area (Å²) in [5.74, 6) is -3.59. The molecule has 0 bridgehead atoms. The molecule has 1 saturated carbocycles.